The van der Waals surface area contributed by atoms with E-state index in [2.05, 4.69) is 36.1 Å². The number of hydrogen-bond donors (Lipinski definition) is 2. The zero-order chi connectivity index (χ0) is 24.4. The average Bonchev–Trinajstić information content (AvgIpc) is 3.54. The summed E-state index contributed by atoms with van der Waals surface area (Å²) < 4.78 is 0. The van der Waals surface area contributed by atoms with Gasteiger partial charge in [-0.15, -0.1) is 0 Å². The van der Waals surface area contributed by atoms with E-state index in [-0.39, 0.29) is 5.91 Å². The number of fused-ring (bicyclic) bond motifs is 1. The van der Waals surface area contributed by atoms with Crippen molar-refractivity contribution in [3.8, 4) is 17.5 Å². The molecule has 3 aromatic rings. The lowest BCUT2D eigenvalue weighted by Crippen LogP contribution is -2.50. The standard InChI is InChI=1S/C24H27N9OS/c1-31(2)18-5-3-16(4-6-18)22-29-20-21(17(13-25)14-27-23(20)30-22)33-10-8-32(9-11-33)15-19(34)28-24-26-7-12-35-24/h3-6,14H,7-12,15H2,1-2H3,(H,26,28,34)(H,27,29,30). The second kappa shape index (κ2) is 9.93. The zero-order valence-corrected chi connectivity index (χ0v) is 20.6. The van der Waals surface area contributed by atoms with Crippen LogP contribution in [-0.4, -0.2) is 90.0 Å². The lowest BCUT2D eigenvalue weighted by Gasteiger charge is -2.36. The van der Waals surface area contributed by atoms with Crippen molar-refractivity contribution in [1.82, 2.24) is 25.2 Å². The molecule has 2 N–H and O–H groups in total. The quantitative estimate of drug-likeness (QED) is 0.558. The molecular formula is C24H27N9OS. The monoisotopic (exact) mass is 489 g/mol. The Balaban J connectivity index is 1.33. The molecule has 0 bridgehead atoms. The molecule has 0 aliphatic carbocycles. The van der Waals surface area contributed by atoms with Gasteiger partial charge in [-0.3, -0.25) is 14.7 Å². The minimum atomic E-state index is -0.0332. The van der Waals surface area contributed by atoms with Crippen LogP contribution >= 0.6 is 11.8 Å². The lowest BCUT2D eigenvalue weighted by atomic mass is 10.1. The third-order valence-corrected chi connectivity index (χ3v) is 7.05. The van der Waals surface area contributed by atoms with Gasteiger partial charge in [-0.1, -0.05) is 11.8 Å². The van der Waals surface area contributed by atoms with Crippen LogP contribution in [0.2, 0.25) is 0 Å². The fraction of sp³-hybridized carbons (Fsp3) is 0.375. The van der Waals surface area contributed by atoms with Crippen molar-refractivity contribution in [3.63, 3.8) is 0 Å². The van der Waals surface area contributed by atoms with Crippen LogP contribution in [0.15, 0.2) is 35.5 Å². The summed E-state index contributed by atoms with van der Waals surface area (Å²) in [4.78, 5) is 35.5. The highest BCUT2D eigenvalue weighted by Gasteiger charge is 2.25. The van der Waals surface area contributed by atoms with E-state index in [0.717, 1.165) is 45.7 Å². The number of H-pyrrole nitrogens is 1. The first kappa shape index (κ1) is 23.1. The Morgan fingerprint density at radius 2 is 2.00 bits per heavy atom. The van der Waals surface area contributed by atoms with Crippen LogP contribution in [0.3, 0.4) is 0 Å². The molecule has 0 atom stereocenters. The summed E-state index contributed by atoms with van der Waals surface area (Å²) in [5.74, 6) is 1.61. The van der Waals surface area contributed by atoms with Gasteiger partial charge in [-0.05, 0) is 24.3 Å². The summed E-state index contributed by atoms with van der Waals surface area (Å²) in [7, 11) is 4.01. The number of thioether (sulfide) groups is 1. The van der Waals surface area contributed by atoms with E-state index in [4.69, 9.17) is 4.98 Å². The second-order valence-corrected chi connectivity index (χ2v) is 9.79. The van der Waals surface area contributed by atoms with Crippen LogP contribution in [0, 0.1) is 11.3 Å². The van der Waals surface area contributed by atoms with Gasteiger partial charge in [0.15, 0.2) is 10.8 Å². The predicted molar refractivity (Wildman–Crippen MR) is 140 cm³/mol. The summed E-state index contributed by atoms with van der Waals surface area (Å²) in [6, 6.07) is 10.4. The SMILES string of the molecule is CN(C)c1ccc(-c2nc3ncc(C#N)c(N4CCN(CC(=O)NC5=NCCS5)CC4)c3[nH]2)cc1. The molecule has 2 aliphatic rings. The number of nitrogens with zero attached hydrogens (tertiary/aromatic N) is 7. The molecule has 4 heterocycles. The van der Waals surface area contributed by atoms with Crippen LogP contribution < -0.4 is 15.1 Å². The smallest absolute Gasteiger partial charge is 0.240 e. The number of benzene rings is 1. The Morgan fingerprint density at radius 1 is 1.23 bits per heavy atom. The van der Waals surface area contributed by atoms with Crippen molar-refractivity contribution < 1.29 is 4.79 Å². The first-order valence-corrected chi connectivity index (χ1v) is 12.5. The number of rotatable bonds is 5. The van der Waals surface area contributed by atoms with E-state index in [1.165, 1.54) is 0 Å². The topological polar surface area (TPSA) is 117 Å². The highest BCUT2D eigenvalue weighted by Crippen LogP contribution is 2.31. The number of imidazole rings is 1. The van der Waals surface area contributed by atoms with Crippen LogP contribution in [0.5, 0.6) is 0 Å². The highest BCUT2D eigenvalue weighted by atomic mass is 32.2. The molecule has 0 radical (unpaired) electrons. The van der Waals surface area contributed by atoms with Crippen LogP contribution in [0.4, 0.5) is 11.4 Å². The zero-order valence-electron chi connectivity index (χ0n) is 19.8. The van der Waals surface area contributed by atoms with Gasteiger partial charge in [-0.2, -0.15) is 5.26 Å². The number of aromatic nitrogens is 3. The molecule has 0 unspecified atom stereocenters. The van der Waals surface area contributed by atoms with Crippen molar-refractivity contribution >= 4 is 45.4 Å². The molecule has 1 aromatic carbocycles. The number of pyridine rings is 1. The maximum absolute atomic E-state index is 12.4. The van der Waals surface area contributed by atoms with Crippen LogP contribution in [0.1, 0.15) is 5.56 Å². The predicted octanol–water partition coefficient (Wildman–Crippen LogP) is 1.90. The molecule has 0 spiro atoms. The molecule has 1 saturated heterocycles. The summed E-state index contributed by atoms with van der Waals surface area (Å²) in [6.07, 6.45) is 1.59. The molecular weight excluding hydrogens is 462 g/mol. The summed E-state index contributed by atoms with van der Waals surface area (Å²) >= 11 is 1.58. The number of hydrogen-bond acceptors (Lipinski definition) is 9. The molecule has 0 saturated carbocycles. The van der Waals surface area contributed by atoms with Crippen LogP contribution in [-0.2, 0) is 4.79 Å². The number of carbonyl (C=O) groups excluding carboxylic acids is 1. The first-order valence-electron chi connectivity index (χ1n) is 11.5. The molecule has 2 aromatic heterocycles. The van der Waals surface area contributed by atoms with Crippen molar-refractivity contribution in [2.45, 2.75) is 0 Å². The number of nitriles is 1. The molecule has 10 nitrogen and oxygen atoms in total. The van der Waals surface area contributed by atoms with Gasteiger partial charge in [0.05, 0.1) is 24.3 Å². The van der Waals surface area contributed by atoms with Crippen molar-refractivity contribution in [3.05, 3.63) is 36.0 Å². The van der Waals surface area contributed by atoms with Gasteiger partial charge in [0.25, 0.3) is 0 Å². The fourth-order valence-electron chi connectivity index (χ4n) is 4.31. The van der Waals surface area contributed by atoms with E-state index < -0.39 is 0 Å². The van der Waals surface area contributed by atoms with Gasteiger partial charge < -0.3 is 20.1 Å². The second-order valence-electron chi connectivity index (χ2n) is 8.70. The molecule has 1 amide bonds. The molecule has 180 valence electrons. The summed E-state index contributed by atoms with van der Waals surface area (Å²) in [6.45, 7) is 3.92. The van der Waals surface area contributed by atoms with E-state index in [1.807, 2.05) is 43.3 Å². The van der Waals surface area contributed by atoms with Crippen molar-refractivity contribution in [2.75, 3.05) is 68.9 Å². The summed E-state index contributed by atoms with van der Waals surface area (Å²) in [5.41, 5.74) is 4.75. The largest absolute Gasteiger partial charge is 0.378 e. The average molecular weight is 490 g/mol. The number of piperazine rings is 1. The first-order chi connectivity index (χ1) is 17.0. The van der Waals surface area contributed by atoms with Crippen molar-refractivity contribution in [1.29, 1.82) is 5.26 Å². The molecule has 11 heteroatoms. The molecule has 1 fully saturated rings. The Bertz CT molecular complexity index is 1300. The Hall–Kier alpha value is -3.62. The minimum absolute atomic E-state index is 0.0332. The van der Waals surface area contributed by atoms with Crippen LogP contribution in [0.25, 0.3) is 22.6 Å². The van der Waals surface area contributed by atoms with Gasteiger partial charge in [0.1, 0.15) is 17.4 Å². The van der Waals surface area contributed by atoms with Gasteiger partial charge >= 0.3 is 0 Å². The Morgan fingerprint density at radius 3 is 2.66 bits per heavy atom. The van der Waals surface area contributed by atoms with Crippen molar-refractivity contribution in [2.24, 2.45) is 4.99 Å². The molecule has 5 rings (SSSR count). The van der Waals surface area contributed by atoms with E-state index in [9.17, 15) is 10.1 Å². The Labute approximate surface area is 208 Å². The third-order valence-electron chi connectivity index (χ3n) is 6.16. The third kappa shape index (κ3) is 4.94. The van der Waals surface area contributed by atoms with Gasteiger partial charge in [0, 0.05) is 63.5 Å². The maximum atomic E-state index is 12.4. The fourth-order valence-corrected chi connectivity index (χ4v) is 5.06. The molecule has 35 heavy (non-hydrogen) atoms. The maximum Gasteiger partial charge on any atom is 0.240 e. The van der Waals surface area contributed by atoms with Gasteiger partial charge in [-0.25, -0.2) is 9.97 Å². The number of aliphatic imine (C=N–C) groups is 1. The highest BCUT2D eigenvalue weighted by molar-refractivity contribution is 8.14. The molecule has 2 aliphatic heterocycles. The van der Waals surface area contributed by atoms with Gasteiger partial charge in [0.2, 0.25) is 5.91 Å². The number of aromatic amines is 1. The van der Waals surface area contributed by atoms with E-state index in [1.54, 1.807) is 18.0 Å². The lowest BCUT2D eigenvalue weighted by molar-refractivity contribution is -0.120. The number of amides is 1. The number of amidine groups is 1. The normalized spacial score (nSPS) is 16.3. The minimum Gasteiger partial charge on any atom is -0.378 e. The van der Waals surface area contributed by atoms with E-state index >= 15 is 0 Å². The van der Waals surface area contributed by atoms with E-state index in [0.29, 0.717) is 43.9 Å². The summed E-state index contributed by atoms with van der Waals surface area (Å²) in [5, 5.41) is 13.4. The number of anilines is 2. The Kier molecular flexibility index (Phi) is 6.57. The number of nitrogens with one attached hydrogen (secondary N) is 2. The number of carbonyl (C=O) groups is 1.